The first kappa shape index (κ1) is 15.2. The molecule has 0 aromatic carbocycles. The van der Waals surface area contributed by atoms with Crippen LogP contribution in [0.4, 0.5) is 5.95 Å². The van der Waals surface area contributed by atoms with E-state index >= 15 is 0 Å². The summed E-state index contributed by atoms with van der Waals surface area (Å²) in [5.41, 5.74) is -0.830. The van der Waals surface area contributed by atoms with Crippen molar-refractivity contribution in [1.82, 2.24) is 9.97 Å². The average Bonchev–Trinajstić information content (AvgIpc) is 2.42. The molecule has 19 heavy (non-hydrogen) atoms. The van der Waals surface area contributed by atoms with Crippen molar-refractivity contribution in [3.05, 3.63) is 12.3 Å². The molecule has 0 fully saturated rings. The molecule has 0 saturated heterocycles. The number of carbonyl (C=O) groups is 1. The zero-order valence-electron chi connectivity index (χ0n) is 11.6. The molecule has 1 rings (SSSR count). The van der Waals surface area contributed by atoms with Crippen molar-refractivity contribution in [3.63, 3.8) is 0 Å². The number of nitrogens with zero attached hydrogens (tertiary/aromatic N) is 2. The number of aliphatic carboxylic acids is 1. The highest BCUT2D eigenvalue weighted by molar-refractivity contribution is 5.74. The third-order valence-corrected chi connectivity index (χ3v) is 3.02. The van der Waals surface area contributed by atoms with Gasteiger partial charge in [-0.15, -0.1) is 0 Å². The molecule has 0 aliphatic heterocycles. The van der Waals surface area contributed by atoms with Crippen molar-refractivity contribution in [3.8, 4) is 5.88 Å². The maximum absolute atomic E-state index is 11.2. The average molecular weight is 267 g/mol. The van der Waals surface area contributed by atoms with Crippen LogP contribution in [0.3, 0.4) is 0 Å². The fourth-order valence-corrected chi connectivity index (χ4v) is 1.34. The largest absolute Gasteiger partial charge is 0.481 e. The van der Waals surface area contributed by atoms with Crippen molar-refractivity contribution >= 4 is 11.9 Å². The highest BCUT2D eigenvalue weighted by Crippen LogP contribution is 2.21. The van der Waals surface area contributed by atoms with Gasteiger partial charge in [0.15, 0.2) is 0 Å². The molecule has 2 N–H and O–H groups in total. The molecule has 0 aliphatic carbocycles. The molecule has 1 unspecified atom stereocenters. The summed E-state index contributed by atoms with van der Waals surface area (Å²) >= 11 is 0. The number of carboxylic acids is 1. The second-order valence-electron chi connectivity index (χ2n) is 4.64. The van der Waals surface area contributed by atoms with Crippen molar-refractivity contribution in [2.75, 3.05) is 18.5 Å². The van der Waals surface area contributed by atoms with Crippen LogP contribution < -0.4 is 10.1 Å². The van der Waals surface area contributed by atoms with Crippen molar-refractivity contribution in [2.24, 2.45) is 5.41 Å². The Kier molecular flexibility index (Phi) is 5.54. The highest BCUT2D eigenvalue weighted by atomic mass is 16.5. The molecule has 1 aromatic rings. The van der Waals surface area contributed by atoms with E-state index in [1.54, 1.807) is 19.2 Å². The Labute approximate surface area is 113 Å². The van der Waals surface area contributed by atoms with E-state index in [-0.39, 0.29) is 6.54 Å². The van der Waals surface area contributed by atoms with Gasteiger partial charge in [-0.05, 0) is 19.8 Å². The number of anilines is 1. The third-order valence-electron chi connectivity index (χ3n) is 3.02. The second kappa shape index (κ2) is 6.92. The number of nitrogens with one attached hydrogen (secondary N) is 1. The molecular weight excluding hydrogens is 246 g/mol. The fraction of sp³-hybridized carbons (Fsp3) is 0.615. The summed E-state index contributed by atoms with van der Waals surface area (Å²) in [5, 5.41) is 12.1. The minimum atomic E-state index is -0.833. The van der Waals surface area contributed by atoms with E-state index in [0.717, 1.165) is 6.42 Å². The number of carboxylic acid groups (broad SMARTS) is 1. The fourth-order valence-electron chi connectivity index (χ4n) is 1.34. The number of rotatable bonds is 8. The molecule has 6 nitrogen and oxygen atoms in total. The van der Waals surface area contributed by atoms with E-state index in [1.807, 2.05) is 13.8 Å². The van der Waals surface area contributed by atoms with Crippen LogP contribution in [0.1, 0.15) is 33.6 Å². The SMILES string of the molecule is CCCOc1ccnc(NCC(C)(CC)C(=O)O)n1. The predicted molar refractivity (Wildman–Crippen MR) is 72.3 cm³/mol. The van der Waals surface area contributed by atoms with Gasteiger partial charge in [-0.25, -0.2) is 4.98 Å². The van der Waals surface area contributed by atoms with E-state index in [9.17, 15) is 9.90 Å². The van der Waals surface area contributed by atoms with Crippen LogP contribution in [-0.4, -0.2) is 34.2 Å². The van der Waals surface area contributed by atoms with Gasteiger partial charge in [0.2, 0.25) is 11.8 Å². The molecule has 6 heteroatoms. The number of hydrogen-bond donors (Lipinski definition) is 2. The minimum Gasteiger partial charge on any atom is -0.481 e. The van der Waals surface area contributed by atoms with E-state index in [1.165, 1.54) is 0 Å². The molecule has 1 atom stereocenters. The zero-order valence-corrected chi connectivity index (χ0v) is 11.6. The maximum atomic E-state index is 11.2. The van der Waals surface area contributed by atoms with Gasteiger partial charge < -0.3 is 15.2 Å². The number of aromatic nitrogens is 2. The molecular formula is C13H21N3O3. The lowest BCUT2D eigenvalue weighted by Gasteiger charge is -2.23. The second-order valence-corrected chi connectivity index (χ2v) is 4.64. The first-order valence-electron chi connectivity index (χ1n) is 6.45. The van der Waals surface area contributed by atoms with Gasteiger partial charge in [0.25, 0.3) is 0 Å². The summed E-state index contributed by atoms with van der Waals surface area (Å²) in [6.45, 7) is 6.42. The van der Waals surface area contributed by atoms with Crippen LogP contribution in [0, 0.1) is 5.41 Å². The Balaban J connectivity index is 2.64. The Morgan fingerprint density at radius 2 is 2.26 bits per heavy atom. The highest BCUT2D eigenvalue weighted by Gasteiger charge is 2.31. The molecule has 0 aliphatic rings. The van der Waals surface area contributed by atoms with Gasteiger partial charge in [-0.3, -0.25) is 4.79 Å². The smallest absolute Gasteiger partial charge is 0.311 e. The van der Waals surface area contributed by atoms with Gasteiger partial charge >= 0.3 is 5.97 Å². The van der Waals surface area contributed by atoms with Gasteiger partial charge in [-0.2, -0.15) is 4.98 Å². The van der Waals surface area contributed by atoms with Crippen LogP contribution >= 0.6 is 0 Å². The zero-order chi connectivity index (χ0) is 14.3. The number of ether oxygens (including phenoxy) is 1. The van der Waals surface area contributed by atoms with Crippen molar-refractivity contribution < 1.29 is 14.6 Å². The van der Waals surface area contributed by atoms with Crippen molar-refractivity contribution in [2.45, 2.75) is 33.6 Å². The monoisotopic (exact) mass is 267 g/mol. The topological polar surface area (TPSA) is 84.3 Å². The van der Waals surface area contributed by atoms with Crippen LogP contribution in [0.25, 0.3) is 0 Å². The summed E-state index contributed by atoms with van der Waals surface area (Å²) in [6, 6.07) is 1.68. The van der Waals surface area contributed by atoms with Gasteiger partial charge in [-0.1, -0.05) is 13.8 Å². The van der Waals surface area contributed by atoms with Gasteiger partial charge in [0, 0.05) is 18.8 Å². The predicted octanol–water partition coefficient (Wildman–Crippen LogP) is 2.18. The van der Waals surface area contributed by atoms with Gasteiger partial charge in [0.05, 0.1) is 12.0 Å². The molecule has 106 valence electrons. The summed E-state index contributed by atoms with van der Waals surface area (Å²) < 4.78 is 5.39. The maximum Gasteiger partial charge on any atom is 0.311 e. The molecule has 0 amide bonds. The van der Waals surface area contributed by atoms with Gasteiger partial charge in [0.1, 0.15) is 0 Å². The normalized spacial score (nSPS) is 13.6. The Bertz CT molecular complexity index is 425. The molecule has 0 radical (unpaired) electrons. The Morgan fingerprint density at radius 1 is 1.53 bits per heavy atom. The molecule has 0 spiro atoms. The van der Waals surface area contributed by atoms with E-state index in [2.05, 4.69) is 15.3 Å². The molecule has 0 saturated carbocycles. The first-order valence-corrected chi connectivity index (χ1v) is 6.45. The summed E-state index contributed by atoms with van der Waals surface area (Å²) in [5.74, 6) is 0.0447. The lowest BCUT2D eigenvalue weighted by Crippen LogP contribution is -2.34. The van der Waals surface area contributed by atoms with Crippen LogP contribution in [0.2, 0.25) is 0 Å². The summed E-state index contributed by atoms with van der Waals surface area (Å²) in [6.07, 6.45) is 3.02. The quantitative estimate of drug-likeness (QED) is 0.751. The van der Waals surface area contributed by atoms with E-state index < -0.39 is 11.4 Å². The molecule has 0 bridgehead atoms. The summed E-state index contributed by atoms with van der Waals surface area (Å²) in [4.78, 5) is 19.4. The summed E-state index contributed by atoms with van der Waals surface area (Å²) in [7, 11) is 0. The van der Waals surface area contributed by atoms with Crippen molar-refractivity contribution in [1.29, 1.82) is 0 Å². The molecule has 1 aromatic heterocycles. The lowest BCUT2D eigenvalue weighted by atomic mass is 9.88. The van der Waals surface area contributed by atoms with E-state index in [4.69, 9.17) is 4.74 Å². The van der Waals surface area contributed by atoms with Crippen LogP contribution in [0.15, 0.2) is 12.3 Å². The first-order chi connectivity index (χ1) is 9.01. The third kappa shape index (κ3) is 4.39. The standard InChI is InChI=1S/C13H21N3O3/c1-4-8-19-10-6-7-14-12(16-10)15-9-13(3,5-2)11(17)18/h6-7H,4-5,8-9H2,1-3H3,(H,17,18)(H,14,15,16). The van der Waals surface area contributed by atoms with Crippen LogP contribution in [-0.2, 0) is 4.79 Å². The Morgan fingerprint density at radius 3 is 2.84 bits per heavy atom. The number of hydrogen-bond acceptors (Lipinski definition) is 5. The lowest BCUT2D eigenvalue weighted by molar-refractivity contribution is -0.147. The van der Waals surface area contributed by atoms with E-state index in [0.29, 0.717) is 24.9 Å². The Hall–Kier alpha value is -1.85. The van der Waals surface area contributed by atoms with Crippen LogP contribution in [0.5, 0.6) is 5.88 Å². The molecule has 1 heterocycles. The minimum absolute atomic E-state index is 0.274.